The SMILES string of the molecule is CC(C)C1=C(C(=O)N2[C@H](C)CC[C@H]2C(=O)N2C[C@@H](C)N(C)C3(CC3)C2)SC2=N[C@@](C)(c3ccc(Cl)nc3)[C@@H](c3ccc(Cl)c(F)c3)N21. The van der Waals surface area contributed by atoms with Crippen LogP contribution in [-0.4, -0.2) is 85.4 Å². The van der Waals surface area contributed by atoms with Crippen LogP contribution in [0.4, 0.5) is 4.39 Å². The molecule has 12 heteroatoms. The molecule has 1 aromatic heterocycles. The number of amidine groups is 1. The quantitative estimate of drug-likeness (QED) is 0.319. The molecule has 47 heavy (non-hydrogen) atoms. The number of likely N-dealkylation sites (tertiary alicyclic amines) is 1. The van der Waals surface area contributed by atoms with Crippen molar-refractivity contribution < 1.29 is 14.0 Å². The minimum Gasteiger partial charge on any atom is -0.337 e. The van der Waals surface area contributed by atoms with Crippen LogP contribution in [-0.2, 0) is 15.1 Å². The van der Waals surface area contributed by atoms with Gasteiger partial charge in [-0.3, -0.25) is 14.5 Å². The third kappa shape index (κ3) is 5.29. The average molecular weight is 700 g/mol. The van der Waals surface area contributed by atoms with E-state index in [1.165, 1.54) is 17.8 Å². The zero-order chi connectivity index (χ0) is 33.6. The number of pyridine rings is 1. The summed E-state index contributed by atoms with van der Waals surface area (Å²) < 4.78 is 15.0. The number of aliphatic imine (C=N–C) groups is 1. The van der Waals surface area contributed by atoms with Crippen LogP contribution in [0.15, 0.2) is 52.1 Å². The third-order valence-corrected chi connectivity index (χ3v) is 12.6. The van der Waals surface area contributed by atoms with Gasteiger partial charge in [0.25, 0.3) is 5.91 Å². The number of halogens is 3. The first-order valence-corrected chi connectivity index (χ1v) is 18.1. The molecule has 0 radical (unpaired) electrons. The second-order valence-corrected chi connectivity index (χ2v) is 16.2. The lowest BCUT2D eigenvalue weighted by atomic mass is 9.81. The number of carbonyl (C=O) groups excluding carboxylic acids is 2. The Kier molecular flexibility index (Phi) is 8.21. The van der Waals surface area contributed by atoms with Gasteiger partial charge < -0.3 is 14.7 Å². The minimum atomic E-state index is -0.870. The van der Waals surface area contributed by atoms with Crippen molar-refractivity contribution in [2.75, 3.05) is 20.1 Å². The van der Waals surface area contributed by atoms with Gasteiger partial charge in [0.15, 0.2) is 5.17 Å². The van der Waals surface area contributed by atoms with Gasteiger partial charge in [0.1, 0.15) is 27.5 Å². The molecule has 0 bridgehead atoms. The molecule has 8 nitrogen and oxygen atoms in total. The van der Waals surface area contributed by atoms with E-state index < -0.39 is 23.4 Å². The second kappa shape index (κ2) is 11.7. The average Bonchev–Trinajstić information content (AvgIpc) is 3.40. The van der Waals surface area contributed by atoms with E-state index in [2.05, 4.69) is 42.6 Å². The summed E-state index contributed by atoms with van der Waals surface area (Å²) in [6, 6.07) is 7.65. The summed E-state index contributed by atoms with van der Waals surface area (Å²) in [7, 11) is 2.17. The Hall–Kier alpha value is -2.66. The predicted octanol–water partition coefficient (Wildman–Crippen LogP) is 6.84. The maximum Gasteiger partial charge on any atom is 0.263 e. The van der Waals surface area contributed by atoms with Crippen molar-refractivity contribution in [1.82, 2.24) is 24.6 Å². The number of carbonyl (C=O) groups is 2. The zero-order valence-corrected chi connectivity index (χ0v) is 30.0. The van der Waals surface area contributed by atoms with Gasteiger partial charge in [-0.15, -0.1) is 0 Å². The Balaban J connectivity index is 1.26. The number of hydrogen-bond donors (Lipinski definition) is 0. The van der Waals surface area contributed by atoms with E-state index >= 15 is 4.39 Å². The molecule has 1 saturated carbocycles. The van der Waals surface area contributed by atoms with Crippen molar-refractivity contribution >= 4 is 51.9 Å². The lowest BCUT2D eigenvalue weighted by Crippen LogP contribution is -2.62. The first-order valence-electron chi connectivity index (χ1n) is 16.5. The van der Waals surface area contributed by atoms with E-state index in [1.807, 2.05) is 35.8 Å². The van der Waals surface area contributed by atoms with E-state index in [0.717, 1.165) is 37.1 Å². The molecule has 5 aliphatic rings. The van der Waals surface area contributed by atoms with Crippen LogP contribution in [0.5, 0.6) is 0 Å². The van der Waals surface area contributed by atoms with Gasteiger partial charge in [-0.1, -0.05) is 49.2 Å². The van der Waals surface area contributed by atoms with E-state index in [9.17, 15) is 9.59 Å². The zero-order valence-electron chi connectivity index (χ0n) is 27.6. The number of fused-ring (bicyclic) bond motifs is 1. The summed E-state index contributed by atoms with van der Waals surface area (Å²) in [6.45, 7) is 11.7. The molecule has 1 aliphatic carbocycles. The summed E-state index contributed by atoms with van der Waals surface area (Å²) >= 11 is 13.6. The Morgan fingerprint density at radius 1 is 1.09 bits per heavy atom. The van der Waals surface area contributed by atoms with Crippen molar-refractivity contribution in [2.24, 2.45) is 10.9 Å². The molecule has 0 unspecified atom stereocenters. The largest absolute Gasteiger partial charge is 0.337 e. The smallest absolute Gasteiger partial charge is 0.263 e. The molecule has 2 aromatic rings. The number of aromatic nitrogens is 1. The normalized spacial score (nSPS) is 30.1. The molecule has 4 aliphatic heterocycles. The third-order valence-electron chi connectivity index (χ3n) is 11.0. The van der Waals surface area contributed by atoms with Crippen molar-refractivity contribution in [2.45, 2.75) is 95.5 Å². The number of benzene rings is 1. The molecule has 2 amide bonds. The summed E-state index contributed by atoms with van der Waals surface area (Å²) in [6.07, 6.45) is 5.32. The van der Waals surface area contributed by atoms with Gasteiger partial charge in [-0.2, -0.15) is 0 Å². The molecular weight excluding hydrogens is 658 g/mol. The molecular formula is C35H41Cl2FN6O2S. The molecule has 1 aromatic carbocycles. The number of likely N-dealkylation sites (N-methyl/N-ethyl adjacent to an activating group) is 1. The Labute approximate surface area is 290 Å². The standard InChI is InChI=1S/C35H41Cl2FN6O2S/c1-19(2)28-29(32(46)43-20(3)7-11-26(43)31(45)42-17-21(4)41(6)35(18-42)13-14-35)47-33-40-34(5,23-9-12-27(37)39-16-23)30(44(28)33)22-8-10-24(36)25(38)15-22/h8-10,12,15-16,19-21,26,30H,7,11,13-14,17-18H2,1-6H3/t20-,21-,26+,30-,34+/m1/s1. The molecule has 250 valence electrons. The first kappa shape index (κ1) is 32.9. The number of piperazine rings is 1. The molecule has 7 rings (SSSR count). The van der Waals surface area contributed by atoms with Gasteiger partial charge in [-0.05, 0) is 94.9 Å². The van der Waals surface area contributed by atoms with Crippen LogP contribution < -0.4 is 0 Å². The monoisotopic (exact) mass is 698 g/mol. The summed E-state index contributed by atoms with van der Waals surface area (Å²) in [5.74, 6) is -0.678. The van der Waals surface area contributed by atoms with Gasteiger partial charge >= 0.3 is 0 Å². The van der Waals surface area contributed by atoms with Crippen molar-refractivity contribution in [3.8, 4) is 0 Å². The lowest BCUT2D eigenvalue weighted by Gasteiger charge is -2.46. The van der Waals surface area contributed by atoms with Crippen LogP contribution in [0, 0.1) is 11.7 Å². The van der Waals surface area contributed by atoms with Gasteiger partial charge in [0.2, 0.25) is 5.91 Å². The lowest BCUT2D eigenvalue weighted by molar-refractivity contribution is -0.146. The van der Waals surface area contributed by atoms with Crippen LogP contribution in [0.1, 0.15) is 77.5 Å². The number of amides is 2. The Morgan fingerprint density at radius 2 is 1.83 bits per heavy atom. The minimum absolute atomic E-state index is 0.0371. The molecule has 2 saturated heterocycles. The van der Waals surface area contributed by atoms with Crippen LogP contribution >= 0.6 is 35.0 Å². The summed E-state index contributed by atoms with van der Waals surface area (Å²) in [5, 5.41) is 1.06. The molecule has 0 N–H and O–H groups in total. The van der Waals surface area contributed by atoms with Gasteiger partial charge in [0, 0.05) is 48.2 Å². The number of rotatable bonds is 5. The number of nitrogens with zero attached hydrogens (tertiary/aromatic N) is 6. The van der Waals surface area contributed by atoms with E-state index in [-0.39, 0.29) is 40.4 Å². The molecule has 3 fully saturated rings. The van der Waals surface area contributed by atoms with Gasteiger partial charge in [0.05, 0.1) is 11.1 Å². The Bertz CT molecular complexity index is 1700. The molecule has 5 atom stereocenters. The van der Waals surface area contributed by atoms with Crippen molar-refractivity contribution in [1.29, 1.82) is 0 Å². The fourth-order valence-electron chi connectivity index (χ4n) is 8.15. The summed E-state index contributed by atoms with van der Waals surface area (Å²) in [4.78, 5) is 47.5. The highest BCUT2D eigenvalue weighted by atomic mass is 35.5. The highest BCUT2D eigenvalue weighted by Gasteiger charge is 2.56. The van der Waals surface area contributed by atoms with E-state index in [0.29, 0.717) is 33.8 Å². The maximum absolute atomic E-state index is 15.0. The van der Waals surface area contributed by atoms with E-state index in [4.69, 9.17) is 28.2 Å². The fourth-order valence-corrected chi connectivity index (χ4v) is 9.73. The first-order chi connectivity index (χ1) is 22.3. The Morgan fingerprint density at radius 3 is 2.47 bits per heavy atom. The topological polar surface area (TPSA) is 72.4 Å². The second-order valence-electron chi connectivity index (χ2n) is 14.4. The highest BCUT2D eigenvalue weighted by Crippen LogP contribution is 2.56. The van der Waals surface area contributed by atoms with E-state index in [1.54, 1.807) is 18.3 Å². The van der Waals surface area contributed by atoms with Crippen LogP contribution in [0.25, 0.3) is 0 Å². The summed E-state index contributed by atoms with van der Waals surface area (Å²) in [5.41, 5.74) is 1.52. The van der Waals surface area contributed by atoms with Crippen molar-refractivity contribution in [3.63, 3.8) is 0 Å². The van der Waals surface area contributed by atoms with Crippen LogP contribution in [0.2, 0.25) is 10.2 Å². The van der Waals surface area contributed by atoms with Crippen molar-refractivity contribution in [3.05, 3.63) is 74.3 Å². The predicted molar refractivity (Wildman–Crippen MR) is 185 cm³/mol. The molecule has 1 spiro atoms. The fraction of sp³-hybridized carbons (Fsp3) is 0.543. The van der Waals surface area contributed by atoms with Gasteiger partial charge in [-0.25, -0.2) is 14.4 Å². The number of thioether (sulfide) groups is 1. The number of allylic oxidation sites excluding steroid dienone is 1. The highest BCUT2D eigenvalue weighted by molar-refractivity contribution is 8.18. The number of hydrogen-bond acceptors (Lipinski definition) is 7. The maximum atomic E-state index is 15.0. The van der Waals surface area contributed by atoms with Crippen LogP contribution in [0.3, 0.4) is 0 Å². The molecule has 5 heterocycles.